The van der Waals surface area contributed by atoms with Gasteiger partial charge in [0, 0.05) is 24.4 Å². The fourth-order valence-corrected chi connectivity index (χ4v) is 1.30. The van der Waals surface area contributed by atoms with Gasteiger partial charge in [-0.2, -0.15) is 0 Å². The molecule has 2 heterocycles. The van der Waals surface area contributed by atoms with Gasteiger partial charge < -0.3 is 4.98 Å². The summed E-state index contributed by atoms with van der Waals surface area (Å²) in [7, 11) is 1.81. The molecule has 0 fully saturated rings. The second-order valence-corrected chi connectivity index (χ2v) is 3.14. The number of pyridine rings is 1. The number of rotatable bonds is 1. The van der Waals surface area contributed by atoms with Crippen LogP contribution in [0.5, 0.6) is 0 Å². The Labute approximate surface area is 80.4 Å². The van der Waals surface area contributed by atoms with Crippen LogP contribution in [-0.4, -0.2) is 20.0 Å². The van der Waals surface area contributed by atoms with Crippen molar-refractivity contribution in [3.8, 4) is 11.3 Å². The molecule has 2 aromatic rings. The Morgan fingerprint density at radius 1 is 1.50 bits per heavy atom. The van der Waals surface area contributed by atoms with Crippen molar-refractivity contribution < 1.29 is 0 Å². The zero-order chi connectivity index (χ0) is 10.1. The zero-order valence-corrected chi connectivity index (χ0v) is 7.98. The van der Waals surface area contributed by atoms with Crippen molar-refractivity contribution >= 4 is 0 Å². The van der Waals surface area contributed by atoms with Gasteiger partial charge in [-0.3, -0.25) is 4.79 Å². The number of aromatic nitrogens is 4. The lowest BCUT2D eigenvalue weighted by molar-refractivity contribution is 0.720. The van der Waals surface area contributed by atoms with Crippen LogP contribution in [0.3, 0.4) is 0 Å². The topological polar surface area (TPSA) is 63.6 Å². The number of nitrogens with one attached hydrogen (secondary N) is 1. The van der Waals surface area contributed by atoms with E-state index < -0.39 is 0 Å². The number of nitrogens with zero attached hydrogens (tertiary/aromatic N) is 3. The van der Waals surface area contributed by atoms with Crippen LogP contribution in [0.1, 0.15) is 5.56 Å². The van der Waals surface area contributed by atoms with E-state index in [0.29, 0.717) is 5.56 Å². The lowest BCUT2D eigenvalue weighted by atomic mass is 10.2. The molecule has 2 aromatic heterocycles. The highest BCUT2D eigenvalue weighted by molar-refractivity contribution is 5.57. The summed E-state index contributed by atoms with van der Waals surface area (Å²) in [5.74, 6) is 0. The third-order valence-electron chi connectivity index (χ3n) is 2.10. The highest BCUT2D eigenvalue weighted by Crippen LogP contribution is 2.14. The molecule has 0 atom stereocenters. The van der Waals surface area contributed by atoms with Crippen molar-refractivity contribution in [2.75, 3.05) is 0 Å². The van der Waals surface area contributed by atoms with Gasteiger partial charge >= 0.3 is 0 Å². The maximum absolute atomic E-state index is 11.1. The summed E-state index contributed by atoms with van der Waals surface area (Å²) in [6.45, 7) is 1.77. The summed E-state index contributed by atoms with van der Waals surface area (Å²) >= 11 is 0. The lowest BCUT2D eigenvalue weighted by Gasteiger charge is -2.00. The predicted molar refractivity (Wildman–Crippen MR) is 51.8 cm³/mol. The number of hydrogen-bond donors (Lipinski definition) is 1. The summed E-state index contributed by atoms with van der Waals surface area (Å²) < 4.78 is 1.66. The van der Waals surface area contributed by atoms with Gasteiger partial charge in [-0.25, -0.2) is 4.68 Å². The zero-order valence-electron chi connectivity index (χ0n) is 7.98. The molecule has 14 heavy (non-hydrogen) atoms. The first-order valence-corrected chi connectivity index (χ1v) is 4.23. The van der Waals surface area contributed by atoms with Gasteiger partial charge in [-0.15, -0.1) is 5.10 Å². The van der Waals surface area contributed by atoms with Crippen molar-refractivity contribution in [3.63, 3.8) is 0 Å². The SMILES string of the molecule is Cc1cc(-c2cnnn2C)c[nH]c1=O. The molecule has 0 bridgehead atoms. The Balaban J connectivity index is 2.59. The molecule has 0 saturated carbocycles. The van der Waals surface area contributed by atoms with Crippen molar-refractivity contribution in [1.29, 1.82) is 0 Å². The summed E-state index contributed by atoms with van der Waals surface area (Å²) in [5, 5.41) is 7.59. The van der Waals surface area contributed by atoms with E-state index in [2.05, 4.69) is 15.3 Å². The van der Waals surface area contributed by atoms with Crippen molar-refractivity contribution in [2.45, 2.75) is 6.92 Å². The maximum Gasteiger partial charge on any atom is 0.250 e. The minimum atomic E-state index is -0.0659. The first-order chi connectivity index (χ1) is 6.68. The smallest absolute Gasteiger partial charge is 0.250 e. The number of aromatic amines is 1. The molecule has 0 spiro atoms. The van der Waals surface area contributed by atoms with E-state index >= 15 is 0 Å². The molecule has 2 rings (SSSR count). The molecule has 0 aromatic carbocycles. The molecule has 0 amide bonds. The summed E-state index contributed by atoms with van der Waals surface area (Å²) in [6.07, 6.45) is 3.32. The second-order valence-electron chi connectivity index (χ2n) is 3.14. The number of aryl methyl sites for hydroxylation is 2. The molecule has 0 radical (unpaired) electrons. The molecule has 5 heteroatoms. The van der Waals surface area contributed by atoms with Crippen LogP contribution < -0.4 is 5.56 Å². The van der Waals surface area contributed by atoms with Gasteiger partial charge in [-0.1, -0.05) is 5.21 Å². The summed E-state index contributed by atoms with van der Waals surface area (Å²) in [4.78, 5) is 13.8. The van der Waals surface area contributed by atoms with Crippen molar-refractivity contribution in [1.82, 2.24) is 20.0 Å². The maximum atomic E-state index is 11.1. The number of hydrogen-bond acceptors (Lipinski definition) is 3. The number of H-pyrrole nitrogens is 1. The molecule has 0 aliphatic heterocycles. The van der Waals surface area contributed by atoms with Crippen LogP contribution in [-0.2, 0) is 7.05 Å². The van der Waals surface area contributed by atoms with E-state index in [0.717, 1.165) is 11.3 Å². The molecule has 0 unspecified atom stereocenters. The van der Waals surface area contributed by atoms with Crippen LogP contribution in [0.15, 0.2) is 23.3 Å². The average Bonchev–Trinajstić information content (AvgIpc) is 2.57. The van der Waals surface area contributed by atoms with E-state index in [1.807, 2.05) is 13.1 Å². The first kappa shape index (κ1) is 8.68. The Hall–Kier alpha value is -1.91. The van der Waals surface area contributed by atoms with Gasteiger partial charge in [0.1, 0.15) is 0 Å². The molecule has 0 saturated heterocycles. The fourth-order valence-electron chi connectivity index (χ4n) is 1.30. The Morgan fingerprint density at radius 2 is 2.29 bits per heavy atom. The van der Waals surface area contributed by atoms with Crippen LogP contribution in [0.25, 0.3) is 11.3 Å². The first-order valence-electron chi connectivity index (χ1n) is 4.23. The molecular formula is C9H10N4O. The van der Waals surface area contributed by atoms with Gasteiger partial charge in [0.2, 0.25) is 0 Å². The summed E-state index contributed by atoms with van der Waals surface area (Å²) in [5.41, 5.74) is 2.41. The van der Waals surface area contributed by atoms with E-state index in [9.17, 15) is 4.79 Å². The molecule has 72 valence electrons. The predicted octanol–water partition coefficient (Wildman–Crippen LogP) is 0.479. The van der Waals surface area contributed by atoms with Gasteiger partial charge in [0.05, 0.1) is 11.9 Å². The summed E-state index contributed by atoms with van der Waals surface area (Å²) in [6, 6.07) is 1.82. The monoisotopic (exact) mass is 190 g/mol. The minimum Gasteiger partial charge on any atom is -0.328 e. The quantitative estimate of drug-likeness (QED) is 0.711. The molecular weight excluding hydrogens is 180 g/mol. The largest absolute Gasteiger partial charge is 0.328 e. The minimum absolute atomic E-state index is 0.0659. The van der Waals surface area contributed by atoms with Crippen molar-refractivity contribution in [2.24, 2.45) is 7.05 Å². The van der Waals surface area contributed by atoms with Crippen LogP contribution >= 0.6 is 0 Å². The Kier molecular flexibility index (Phi) is 1.92. The Bertz CT molecular complexity index is 512. The third-order valence-corrected chi connectivity index (χ3v) is 2.10. The highest BCUT2D eigenvalue weighted by Gasteiger charge is 2.04. The molecule has 0 aliphatic carbocycles. The van der Waals surface area contributed by atoms with Crippen molar-refractivity contribution in [3.05, 3.63) is 34.4 Å². The van der Waals surface area contributed by atoms with E-state index in [1.54, 1.807) is 24.0 Å². The molecule has 1 N–H and O–H groups in total. The van der Waals surface area contributed by atoms with Gasteiger partial charge in [0.15, 0.2) is 0 Å². The molecule has 5 nitrogen and oxygen atoms in total. The normalized spacial score (nSPS) is 10.4. The van der Waals surface area contributed by atoms with Gasteiger partial charge in [-0.05, 0) is 13.0 Å². The fraction of sp³-hybridized carbons (Fsp3) is 0.222. The van der Waals surface area contributed by atoms with Crippen LogP contribution in [0.4, 0.5) is 0 Å². The molecule has 0 aliphatic rings. The van der Waals surface area contributed by atoms with E-state index in [-0.39, 0.29) is 5.56 Å². The highest BCUT2D eigenvalue weighted by atomic mass is 16.1. The Morgan fingerprint density at radius 3 is 2.86 bits per heavy atom. The standard InChI is InChI=1S/C9H10N4O/c1-6-3-7(4-10-9(6)14)8-5-11-12-13(8)2/h3-5H,1-2H3,(H,10,14). The van der Waals surface area contributed by atoms with Crippen LogP contribution in [0.2, 0.25) is 0 Å². The lowest BCUT2D eigenvalue weighted by Crippen LogP contribution is -2.08. The third kappa shape index (κ3) is 1.32. The van der Waals surface area contributed by atoms with E-state index in [4.69, 9.17) is 0 Å². The van der Waals surface area contributed by atoms with E-state index in [1.165, 1.54) is 0 Å². The second kappa shape index (κ2) is 3.10. The van der Waals surface area contributed by atoms with Gasteiger partial charge in [0.25, 0.3) is 5.56 Å². The average molecular weight is 190 g/mol. The van der Waals surface area contributed by atoms with Crippen LogP contribution in [0, 0.1) is 6.92 Å².